The largest absolute Gasteiger partial charge is 0.465 e. The molecule has 0 N–H and O–H groups in total. The van der Waals surface area contributed by atoms with E-state index >= 15 is 0 Å². The van der Waals surface area contributed by atoms with Gasteiger partial charge in [0.25, 0.3) is 0 Å². The van der Waals surface area contributed by atoms with E-state index in [0.29, 0.717) is 5.52 Å². The number of carbonyl (C=O) groups is 2. The number of nitrogens with zero attached hydrogens (tertiary/aromatic N) is 2. The van der Waals surface area contributed by atoms with Gasteiger partial charge in [0.2, 0.25) is 4.75 Å². The molecule has 1 aliphatic heterocycles. The molecule has 6 rings (SSSR count). The number of fused-ring (bicyclic) bond motifs is 2. The standard InChI is InChI=1S/C35H30N2O4S2/c1-3-40-33(38)35(34(39)41-4-2)22-30(23-14-8-5-9-15-23)42-28-20-26-27(21-29(28)43-35)37-32(25-18-12-7-13-19-25)31(36-26)24-16-10-6-11-17-24/h5-21,30H,3-4,22H2,1-2H3. The zero-order valence-electron chi connectivity index (χ0n) is 23.9. The number of hydrogen-bond acceptors (Lipinski definition) is 8. The van der Waals surface area contributed by atoms with Crippen molar-refractivity contribution < 1.29 is 19.1 Å². The second kappa shape index (κ2) is 12.6. The molecule has 4 aromatic carbocycles. The summed E-state index contributed by atoms with van der Waals surface area (Å²) in [6, 6.07) is 33.9. The molecule has 0 bridgehead atoms. The maximum Gasteiger partial charge on any atom is 0.334 e. The minimum Gasteiger partial charge on any atom is -0.465 e. The zero-order chi connectivity index (χ0) is 29.8. The first-order valence-electron chi connectivity index (χ1n) is 14.2. The van der Waals surface area contributed by atoms with E-state index in [1.54, 1.807) is 25.6 Å². The molecule has 1 aromatic heterocycles. The third kappa shape index (κ3) is 5.77. The van der Waals surface area contributed by atoms with Gasteiger partial charge >= 0.3 is 11.9 Å². The van der Waals surface area contributed by atoms with E-state index in [0.717, 1.165) is 43.4 Å². The zero-order valence-corrected chi connectivity index (χ0v) is 25.5. The fourth-order valence-electron chi connectivity index (χ4n) is 5.20. The van der Waals surface area contributed by atoms with E-state index in [9.17, 15) is 9.59 Å². The minimum absolute atomic E-state index is 0.155. The van der Waals surface area contributed by atoms with Crippen LogP contribution >= 0.6 is 23.5 Å². The first-order chi connectivity index (χ1) is 21.0. The summed E-state index contributed by atoms with van der Waals surface area (Å²) in [5.74, 6) is -1.19. The molecule has 8 heteroatoms. The molecule has 0 aliphatic carbocycles. The lowest BCUT2D eigenvalue weighted by Gasteiger charge is -2.29. The summed E-state index contributed by atoms with van der Waals surface area (Å²) in [6.45, 7) is 3.80. The second-order valence-electron chi connectivity index (χ2n) is 10.0. The monoisotopic (exact) mass is 606 g/mol. The molecule has 43 heavy (non-hydrogen) atoms. The van der Waals surface area contributed by atoms with Gasteiger partial charge in [0, 0.05) is 32.6 Å². The van der Waals surface area contributed by atoms with Gasteiger partial charge < -0.3 is 9.47 Å². The van der Waals surface area contributed by atoms with Crippen molar-refractivity contribution >= 4 is 46.5 Å². The van der Waals surface area contributed by atoms with Crippen molar-refractivity contribution in [2.75, 3.05) is 13.2 Å². The summed E-state index contributed by atoms with van der Waals surface area (Å²) < 4.78 is 9.49. The summed E-state index contributed by atoms with van der Waals surface area (Å²) in [5, 5.41) is -0.216. The Morgan fingerprint density at radius 3 is 1.67 bits per heavy atom. The number of aromatic nitrogens is 2. The van der Waals surface area contributed by atoms with Gasteiger partial charge in [-0.05, 0) is 31.5 Å². The number of esters is 2. The van der Waals surface area contributed by atoms with E-state index < -0.39 is 16.7 Å². The van der Waals surface area contributed by atoms with Crippen LogP contribution in [0.3, 0.4) is 0 Å². The Balaban J connectivity index is 1.57. The Labute approximate surface area is 259 Å². The van der Waals surface area contributed by atoms with Gasteiger partial charge in [-0.2, -0.15) is 0 Å². The van der Waals surface area contributed by atoms with Crippen LogP contribution in [0.25, 0.3) is 33.5 Å². The molecule has 0 amide bonds. The van der Waals surface area contributed by atoms with Crippen LogP contribution in [0.5, 0.6) is 0 Å². The van der Waals surface area contributed by atoms with E-state index in [4.69, 9.17) is 19.4 Å². The molecule has 6 nitrogen and oxygen atoms in total. The van der Waals surface area contributed by atoms with Crippen molar-refractivity contribution in [2.45, 2.75) is 40.1 Å². The Morgan fingerprint density at radius 1 is 0.721 bits per heavy atom. The topological polar surface area (TPSA) is 78.4 Å². The van der Waals surface area contributed by atoms with E-state index in [1.165, 1.54) is 11.8 Å². The van der Waals surface area contributed by atoms with Crippen molar-refractivity contribution in [2.24, 2.45) is 0 Å². The summed E-state index contributed by atoms with van der Waals surface area (Å²) in [4.78, 5) is 39.4. The molecule has 0 saturated carbocycles. The smallest absolute Gasteiger partial charge is 0.334 e. The van der Waals surface area contributed by atoms with Crippen LogP contribution in [-0.4, -0.2) is 39.9 Å². The van der Waals surface area contributed by atoms with Crippen molar-refractivity contribution in [3.05, 3.63) is 109 Å². The highest BCUT2D eigenvalue weighted by Crippen LogP contribution is 2.55. The number of hydrogen-bond donors (Lipinski definition) is 0. The average Bonchev–Trinajstić information content (AvgIpc) is 3.22. The van der Waals surface area contributed by atoms with Gasteiger partial charge in [-0.25, -0.2) is 19.6 Å². The second-order valence-corrected chi connectivity index (χ2v) is 12.6. The Kier molecular flexibility index (Phi) is 8.49. The quantitative estimate of drug-likeness (QED) is 0.136. The molecule has 1 aliphatic rings. The minimum atomic E-state index is -1.59. The fourth-order valence-corrected chi connectivity index (χ4v) is 8.10. The van der Waals surface area contributed by atoms with Gasteiger partial charge in [0.05, 0.1) is 35.6 Å². The fraction of sp³-hybridized carbons (Fsp3) is 0.200. The Morgan fingerprint density at radius 2 is 1.19 bits per heavy atom. The molecule has 5 aromatic rings. The van der Waals surface area contributed by atoms with Crippen molar-refractivity contribution in [1.82, 2.24) is 9.97 Å². The molecule has 216 valence electrons. The lowest BCUT2D eigenvalue weighted by molar-refractivity contribution is -0.159. The van der Waals surface area contributed by atoms with Gasteiger partial charge in [-0.1, -0.05) is 103 Å². The van der Waals surface area contributed by atoms with Crippen LogP contribution in [0.1, 0.15) is 31.1 Å². The van der Waals surface area contributed by atoms with Crippen molar-refractivity contribution in [1.29, 1.82) is 0 Å². The van der Waals surface area contributed by atoms with Crippen molar-refractivity contribution in [3.63, 3.8) is 0 Å². The number of ether oxygens (including phenoxy) is 2. The summed E-state index contributed by atoms with van der Waals surface area (Å²) >= 11 is 2.82. The van der Waals surface area contributed by atoms with Crippen LogP contribution in [0, 0.1) is 0 Å². The van der Waals surface area contributed by atoms with Gasteiger partial charge in [0.1, 0.15) is 0 Å². The van der Waals surface area contributed by atoms with Crippen LogP contribution in [-0.2, 0) is 19.1 Å². The molecule has 0 saturated heterocycles. The molecular formula is C35H30N2O4S2. The van der Waals surface area contributed by atoms with Gasteiger partial charge in [-0.15, -0.1) is 11.8 Å². The predicted molar refractivity (Wildman–Crippen MR) is 172 cm³/mol. The van der Waals surface area contributed by atoms with E-state index in [1.807, 2.05) is 103 Å². The lowest BCUT2D eigenvalue weighted by Crippen LogP contribution is -2.46. The molecule has 2 heterocycles. The lowest BCUT2D eigenvalue weighted by atomic mass is 9.97. The highest BCUT2D eigenvalue weighted by molar-refractivity contribution is 8.04. The SMILES string of the molecule is CCOC(=O)C1(C(=O)OCC)CC(c2ccccc2)Sc2cc3nc(-c4ccccc4)c(-c4ccccc4)nc3cc2S1. The number of thioether (sulfide) groups is 2. The summed E-state index contributed by atoms with van der Waals surface area (Å²) in [6.07, 6.45) is 0.209. The summed E-state index contributed by atoms with van der Waals surface area (Å²) in [5.41, 5.74) is 5.88. The Hall–Kier alpha value is -4.14. The van der Waals surface area contributed by atoms with Crippen LogP contribution in [0.2, 0.25) is 0 Å². The maximum atomic E-state index is 13.7. The highest BCUT2D eigenvalue weighted by Gasteiger charge is 2.53. The number of rotatable bonds is 7. The third-order valence-electron chi connectivity index (χ3n) is 7.23. The predicted octanol–water partition coefficient (Wildman–Crippen LogP) is 8.16. The molecule has 0 radical (unpaired) electrons. The maximum absolute atomic E-state index is 13.7. The Bertz CT molecular complexity index is 1750. The molecule has 1 atom stereocenters. The van der Waals surface area contributed by atoms with E-state index in [-0.39, 0.29) is 24.9 Å². The summed E-state index contributed by atoms with van der Waals surface area (Å²) in [7, 11) is 0. The van der Waals surface area contributed by atoms with E-state index in [2.05, 4.69) is 0 Å². The number of carbonyl (C=O) groups excluding carboxylic acids is 2. The van der Waals surface area contributed by atoms with Crippen LogP contribution in [0.15, 0.2) is 113 Å². The average molecular weight is 607 g/mol. The highest BCUT2D eigenvalue weighted by atomic mass is 32.2. The van der Waals surface area contributed by atoms with Crippen molar-refractivity contribution in [3.8, 4) is 22.5 Å². The first kappa shape index (κ1) is 29.0. The van der Waals surface area contributed by atoms with Gasteiger partial charge in [0.15, 0.2) is 0 Å². The first-order valence-corrected chi connectivity index (χ1v) is 15.9. The molecule has 1 unspecified atom stereocenters. The normalized spacial score (nSPS) is 15.7. The van der Waals surface area contributed by atoms with Gasteiger partial charge in [-0.3, -0.25) is 0 Å². The third-order valence-corrected chi connectivity index (χ3v) is 10.1. The molecule has 0 spiro atoms. The number of benzene rings is 4. The molecule has 0 fully saturated rings. The van der Waals surface area contributed by atoms with Crippen LogP contribution < -0.4 is 0 Å². The van der Waals surface area contributed by atoms with Crippen LogP contribution in [0.4, 0.5) is 0 Å². The molecular weight excluding hydrogens is 577 g/mol.